The monoisotopic (exact) mass is 497 g/mol. The number of nitrogens with zero attached hydrogens (tertiary/aromatic N) is 3. The van der Waals surface area contributed by atoms with E-state index in [4.69, 9.17) is 27.9 Å². The van der Waals surface area contributed by atoms with Crippen molar-refractivity contribution >= 4 is 52.1 Å². The number of hydrogen-bond acceptors (Lipinski definition) is 6. The molecule has 1 amide bonds. The van der Waals surface area contributed by atoms with Crippen molar-refractivity contribution in [2.75, 3.05) is 30.3 Å². The summed E-state index contributed by atoms with van der Waals surface area (Å²) >= 11 is 10.8. The molecule has 0 aliphatic carbocycles. The molecular weight excluding hydrogens is 473 g/mol. The topological polar surface area (TPSA) is 85.8 Å². The van der Waals surface area contributed by atoms with Crippen molar-refractivity contribution in [3.63, 3.8) is 0 Å². The average molecular weight is 498 g/mol. The van der Waals surface area contributed by atoms with Crippen LogP contribution in [0.5, 0.6) is 0 Å². The molecule has 1 unspecified atom stereocenters. The van der Waals surface area contributed by atoms with Crippen LogP contribution >= 0.6 is 23.2 Å². The zero-order valence-corrected chi connectivity index (χ0v) is 20.4. The zero-order chi connectivity index (χ0) is 23.4. The Hall–Kier alpha value is -2.00. The summed E-state index contributed by atoms with van der Waals surface area (Å²) in [7, 11) is 0. The first-order valence-corrected chi connectivity index (χ1v) is 12.3. The van der Waals surface area contributed by atoms with E-state index < -0.39 is 17.1 Å². The van der Waals surface area contributed by atoms with Gasteiger partial charge in [0.15, 0.2) is 4.90 Å². The highest BCUT2D eigenvalue weighted by molar-refractivity contribution is 7.92. The first-order valence-electron chi connectivity index (χ1n) is 10.3. The number of carbonyl (C=O) groups excluding carboxylic acids is 2. The third-order valence-electron chi connectivity index (χ3n) is 5.50. The van der Waals surface area contributed by atoms with Gasteiger partial charge < -0.3 is 19.1 Å². The summed E-state index contributed by atoms with van der Waals surface area (Å²) in [5.74, 6) is -0.223. The van der Waals surface area contributed by atoms with E-state index in [0.717, 1.165) is 5.82 Å². The van der Waals surface area contributed by atoms with Gasteiger partial charge in [-0.25, -0.2) is 9.78 Å². The minimum atomic E-state index is -1.65. The SMILES string of the molecule is CCOC(=O)C[S+]([O-])c1ccc(C(=O)N2CCN(c3cc(Cl)ccn3)[C@@H](C)[C@@H]2C)cc1Cl. The number of ether oxygens (including phenoxy) is 1. The Labute approximate surface area is 200 Å². The predicted octanol–water partition coefficient (Wildman–Crippen LogP) is 3.80. The average Bonchev–Trinajstić information content (AvgIpc) is 2.75. The summed E-state index contributed by atoms with van der Waals surface area (Å²) in [4.78, 5) is 33.4. The molecule has 3 rings (SSSR count). The first-order chi connectivity index (χ1) is 15.2. The van der Waals surface area contributed by atoms with E-state index in [9.17, 15) is 14.1 Å². The molecule has 1 saturated heterocycles. The molecule has 1 aliphatic rings. The summed E-state index contributed by atoms with van der Waals surface area (Å²) in [5.41, 5.74) is 0.403. The summed E-state index contributed by atoms with van der Waals surface area (Å²) in [6, 6.07) is 8.10. The molecule has 0 bridgehead atoms. The van der Waals surface area contributed by atoms with Gasteiger partial charge in [0.2, 0.25) is 5.75 Å². The fraction of sp³-hybridized carbons (Fsp3) is 0.409. The minimum Gasteiger partial charge on any atom is -0.611 e. The van der Waals surface area contributed by atoms with Crippen molar-refractivity contribution in [2.24, 2.45) is 0 Å². The molecule has 172 valence electrons. The van der Waals surface area contributed by atoms with Crippen LogP contribution in [0, 0.1) is 0 Å². The van der Waals surface area contributed by atoms with Crippen LogP contribution in [0.15, 0.2) is 41.4 Å². The second kappa shape index (κ2) is 10.7. The maximum Gasteiger partial charge on any atom is 0.356 e. The minimum absolute atomic E-state index is 0.0190. The van der Waals surface area contributed by atoms with Gasteiger partial charge in [0.25, 0.3) is 5.91 Å². The van der Waals surface area contributed by atoms with Gasteiger partial charge in [0.05, 0.1) is 11.6 Å². The summed E-state index contributed by atoms with van der Waals surface area (Å²) < 4.78 is 17.3. The molecule has 0 saturated carbocycles. The Bertz CT molecular complexity index is 993. The number of rotatable bonds is 6. The lowest BCUT2D eigenvalue weighted by Gasteiger charge is -2.45. The molecule has 1 aromatic carbocycles. The van der Waals surface area contributed by atoms with E-state index in [1.165, 1.54) is 12.1 Å². The largest absolute Gasteiger partial charge is 0.611 e. The molecule has 0 spiro atoms. The Balaban J connectivity index is 1.72. The number of anilines is 1. The lowest BCUT2D eigenvalue weighted by molar-refractivity contribution is -0.139. The summed E-state index contributed by atoms with van der Waals surface area (Å²) in [6.07, 6.45) is 1.67. The number of amides is 1. The number of benzene rings is 1. The smallest absolute Gasteiger partial charge is 0.356 e. The van der Waals surface area contributed by atoms with E-state index >= 15 is 0 Å². The number of hydrogen-bond donors (Lipinski definition) is 0. The van der Waals surface area contributed by atoms with Crippen LogP contribution in [0.2, 0.25) is 10.0 Å². The van der Waals surface area contributed by atoms with Crippen molar-refractivity contribution in [3.05, 3.63) is 52.1 Å². The predicted molar refractivity (Wildman–Crippen MR) is 126 cm³/mol. The van der Waals surface area contributed by atoms with Gasteiger partial charge in [-0.15, -0.1) is 0 Å². The van der Waals surface area contributed by atoms with Gasteiger partial charge in [-0.2, -0.15) is 0 Å². The molecule has 2 heterocycles. The normalized spacial score (nSPS) is 19.6. The van der Waals surface area contributed by atoms with Crippen LogP contribution in [0.4, 0.5) is 5.82 Å². The maximum atomic E-state index is 13.2. The standard InChI is InChI=1S/C22H25Cl2N3O4S/c1-4-31-21(28)13-32(30)19-6-5-16(11-18(19)24)22(29)27-10-9-26(14(2)15(27)3)20-12-17(23)7-8-25-20/h5-8,11-12,14-15H,4,9-10,13H2,1-3H3/t14-,15-,32?/m0/s1. The van der Waals surface area contributed by atoms with Crippen molar-refractivity contribution in [3.8, 4) is 0 Å². The molecule has 3 atom stereocenters. The number of halogens is 2. The van der Waals surface area contributed by atoms with E-state index in [0.29, 0.717) is 28.6 Å². The van der Waals surface area contributed by atoms with E-state index in [-0.39, 0.29) is 35.4 Å². The van der Waals surface area contributed by atoms with Gasteiger partial charge >= 0.3 is 5.97 Å². The Morgan fingerprint density at radius 1 is 1.19 bits per heavy atom. The van der Waals surface area contributed by atoms with Crippen molar-refractivity contribution in [1.82, 2.24) is 9.88 Å². The van der Waals surface area contributed by atoms with Gasteiger partial charge in [0.1, 0.15) is 5.82 Å². The van der Waals surface area contributed by atoms with Crippen LogP contribution in [0.1, 0.15) is 31.1 Å². The van der Waals surface area contributed by atoms with Crippen molar-refractivity contribution in [2.45, 2.75) is 37.8 Å². The van der Waals surface area contributed by atoms with Gasteiger partial charge in [-0.1, -0.05) is 23.2 Å². The lowest BCUT2D eigenvalue weighted by Crippen LogP contribution is -2.59. The molecule has 0 N–H and O–H groups in total. The number of piperazine rings is 1. The number of aromatic nitrogens is 1. The van der Waals surface area contributed by atoms with E-state index in [2.05, 4.69) is 9.88 Å². The molecule has 2 aromatic rings. The Morgan fingerprint density at radius 3 is 2.59 bits per heavy atom. The molecule has 1 aliphatic heterocycles. The fourth-order valence-corrected chi connectivity index (χ4v) is 5.22. The van der Waals surface area contributed by atoms with E-state index in [1.807, 2.05) is 19.9 Å². The van der Waals surface area contributed by atoms with Crippen LogP contribution in [-0.2, 0) is 20.7 Å². The molecule has 7 nitrogen and oxygen atoms in total. The highest BCUT2D eigenvalue weighted by atomic mass is 35.5. The number of pyridine rings is 1. The maximum absolute atomic E-state index is 13.2. The molecule has 32 heavy (non-hydrogen) atoms. The molecular formula is C22H25Cl2N3O4S. The fourth-order valence-electron chi connectivity index (χ4n) is 3.68. The molecule has 10 heteroatoms. The zero-order valence-electron chi connectivity index (χ0n) is 18.1. The third kappa shape index (κ3) is 5.49. The van der Waals surface area contributed by atoms with Crippen molar-refractivity contribution in [1.29, 1.82) is 0 Å². The highest BCUT2D eigenvalue weighted by Crippen LogP contribution is 2.28. The molecule has 1 aromatic heterocycles. The first kappa shape index (κ1) is 24.6. The summed E-state index contributed by atoms with van der Waals surface area (Å²) in [6.45, 7) is 7.05. The van der Waals surface area contributed by atoms with Gasteiger partial charge in [0, 0.05) is 42.0 Å². The Morgan fingerprint density at radius 2 is 1.94 bits per heavy atom. The highest BCUT2D eigenvalue weighted by Gasteiger charge is 2.35. The third-order valence-corrected chi connectivity index (χ3v) is 7.51. The van der Waals surface area contributed by atoms with Crippen LogP contribution in [-0.4, -0.2) is 63.8 Å². The summed E-state index contributed by atoms with van der Waals surface area (Å²) in [5, 5.41) is 0.796. The van der Waals surface area contributed by atoms with Gasteiger partial charge in [-0.3, -0.25) is 4.79 Å². The van der Waals surface area contributed by atoms with Crippen molar-refractivity contribution < 1.29 is 18.9 Å². The van der Waals surface area contributed by atoms with Crippen LogP contribution < -0.4 is 4.90 Å². The van der Waals surface area contributed by atoms with Gasteiger partial charge in [-0.05, 0) is 62.3 Å². The number of esters is 1. The Kier molecular flexibility index (Phi) is 8.27. The second-order valence-electron chi connectivity index (χ2n) is 7.45. The quantitative estimate of drug-likeness (QED) is 0.445. The molecule has 0 radical (unpaired) electrons. The second-order valence-corrected chi connectivity index (χ2v) is 9.71. The number of carbonyl (C=O) groups is 2. The lowest BCUT2D eigenvalue weighted by atomic mass is 10.0. The van der Waals surface area contributed by atoms with Crippen LogP contribution in [0.25, 0.3) is 0 Å². The molecule has 1 fully saturated rings. The van der Waals surface area contributed by atoms with Crippen LogP contribution in [0.3, 0.4) is 0 Å². The van der Waals surface area contributed by atoms with E-state index in [1.54, 1.807) is 30.2 Å².